The number of hydrogen-bond donors (Lipinski definition) is 2. The quantitative estimate of drug-likeness (QED) is 0.782. The molecule has 0 unspecified atom stereocenters. The van der Waals surface area contributed by atoms with Gasteiger partial charge in [-0.1, -0.05) is 12.1 Å². The van der Waals surface area contributed by atoms with Crippen LogP contribution in [0.25, 0.3) is 0 Å². The molecule has 1 aromatic rings. The van der Waals surface area contributed by atoms with E-state index in [1.165, 1.54) is 7.11 Å². The predicted octanol–water partition coefficient (Wildman–Crippen LogP) is 3.08. The number of methoxy groups -OCH3 is 1. The van der Waals surface area contributed by atoms with Gasteiger partial charge >= 0.3 is 12.1 Å². The van der Waals surface area contributed by atoms with Crippen LogP contribution in [0.5, 0.6) is 0 Å². The lowest BCUT2D eigenvalue weighted by molar-refractivity contribution is -0.149. The molecule has 132 valence electrons. The van der Waals surface area contributed by atoms with Crippen LogP contribution >= 0.6 is 0 Å². The van der Waals surface area contributed by atoms with Gasteiger partial charge in [-0.2, -0.15) is 0 Å². The van der Waals surface area contributed by atoms with E-state index in [0.29, 0.717) is 19.2 Å². The van der Waals surface area contributed by atoms with Crippen molar-refractivity contribution in [3.8, 4) is 0 Å². The van der Waals surface area contributed by atoms with Gasteiger partial charge in [0.25, 0.3) is 0 Å². The van der Waals surface area contributed by atoms with Gasteiger partial charge in [0.1, 0.15) is 0 Å². The van der Waals surface area contributed by atoms with Crippen molar-refractivity contribution in [2.75, 3.05) is 19.0 Å². The minimum atomic E-state index is -0.439. The number of amides is 1. The molecule has 2 N–H and O–H groups in total. The number of hydrogen-bond acceptors (Lipinski definition) is 5. The Hall–Kier alpha value is -2.24. The minimum Gasteiger partial charge on any atom is -0.466 e. The number of rotatable bonds is 6. The largest absolute Gasteiger partial charge is 0.466 e. The first-order valence-electron chi connectivity index (χ1n) is 8.46. The molecule has 1 fully saturated rings. The van der Waals surface area contributed by atoms with Crippen LogP contribution in [0.4, 0.5) is 10.5 Å². The van der Waals surface area contributed by atoms with Crippen molar-refractivity contribution < 1.29 is 19.1 Å². The Kier molecular flexibility index (Phi) is 6.90. The lowest BCUT2D eigenvalue weighted by Crippen LogP contribution is -2.30. The maximum atomic E-state index is 11.8. The van der Waals surface area contributed by atoms with Gasteiger partial charge in [0.2, 0.25) is 0 Å². The van der Waals surface area contributed by atoms with Crippen molar-refractivity contribution in [3.05, 3.63) is 29.8 Å². The maximum absolute atomic E-state index is 11.8. The van der Waals surface area contributed by atoms with Crippen LogP contribution < -0.4 is 10.6 Å². The Morgan fingerprint density at radius 2 is 1.96 bits per heavy atom. The van der Waals surface area contributed by atoms with Crippen LogP contribution in [0.15, 0.2) is 24.3 Å². The molecule has 6 nitrogen and oxygen atoms in total. The van der Waals surface area contributed by atoms with Crippen molar-refractivity contribution in [3.63, 3.8) is 0 Å². The van der Waals surface area contributed by atoms with Crippen LogP contribution in [0.2, 0.25) is 0 Å². The maximum Gasteiger partial charge on any atom is 0.407 e. The van der Waals surface area contributed by atoms with E-state index in [2.05, 4.69) is 15.4 Å². The summed E-state index contributed by atoms with van der Waals surface area (Å²) in [6.07, 6.45) is 3.19. The van der Waals surface area contributed by atoms with Gasteiger partial charge in [0.05, 0.1) is 19.6 Å². The smallest absolute Gasteiger partial charge is 0.407 e. The average Bonchev–Trinajstić information content (AvgIpc) is 2.61. The zero-order valence-electron chi connectivity index (χ0n) is 14.3. The highest BCUT2D eigenvalue weighted by Crippen LogP contribution is 2.27. The summed E-state index contributed by atoms with van der Waals surface area (Å²) in [5.74, 6) is -0.0228. The summed E-state index contributed by atoms with van der Waals surface area (Å²) in [6.45, 7) is 2.72. The van der Waals surface area contributed by atoms with Gasteiger partial charge in [0, 0.05) is 18.3 Å². The molecule has 1 saturated carbocycles. The molecule has 0 aromatic heterocycles. The molecule has 0 heterocycles. The first-order chi connectivity index (χ1) is 11.6. The van der Waals surface area contributed by atoms with E-state index in [0.717, 1.165) is 36.9 Å². The zero-order valence-corrected chi connectivity index (χ0v) is 14.3. The molecule has 1 amide bonds. The molecule has 2 rings (SSSR count). The Labute approximate surface area is 142 Å². The number of alkyl carbamates (subject to hydrolysis) is 1. The molecule has 0 spiro atoms. The van der Waals surface area contributed by atoms with E-state index in [-0.39, 0.29) is 11.9 Å². The molecule has 0 radical (unpaired) electrons. The summed E-state index contributed by atoms with van der Waals surface area (Å²) < 4.78 is 9.67. The van der Waals surface area contributed by atoms with Crippen molar-refractivity contribution in [2.24, 2.45) is 5.92 Å². The molecular weight excluding hydrogens is 308 g/mol. The van der Waals surface area contributed by atoms with Crippen molar-refractivity contribution in [1.29, 1.82) is 0 Å². The predicted molar refractivity (Wildman–Crippen MR) is 91.7 cm³/mol. The number of nitrogens with one attached hydrogen (secondary N) is 2. The Morgan fingerprint density at radius 3 is 2.62 bits per heavy atom. The molecule has 1 aliphatic rings. The minimum absolute atomic E-state index is 0.0404. The molecule has 1 aromatic carbocycles. The number of anilines is 1. The first-order valence-corrected chi connectivity index (χ1v) is 8.46. The van der Waals surface area contributed by atoms with Crippen LogP contribution in [0, 0.1) is 5.92 Å². The second-order valence-electron chi connectivity index (χ2n) is 5.99. The monoisotopic (exact) mass is 334 g/mol. The molecule has 0 atom stereocenters. The topological polar surface area (TPSA) is 76.7 Å². The van der Waals surface area contributed by atoms with E-state index < -0.39 is 6.09 Å². The highest BCUT2D eigenvalue weighted by molar-refractivity contribution is 5.72. The van der Waals surface area contributed by atoms with Crippen LogP contribution in [-0.4, -0.2) is 31.8 Å². The Morgan fingerprint density at radius 1 is 1.21 bits per heavy atom. The summed E-state index contributed by atoms with van der Waals surface area (Å²) in [6, 6.07) is 8.31. The third kappa shape index (κ3) is 5.44. The average molecular weight is 334 g/mol. The van der Waals surface area contributed by atoms with Gasteiger partial charge in [-0.15, -0.1) is 0 Å². The van der Waals surface area contributed by atoms with Gasteiger partial charge in [-0.3, -0.25) is 4.79 Å². The first kappa shape index (κ1) is 18.1. The SMILES string of the molecule is CCOC(=O)[C@H]1CC[C@H](Nc2cccc(CNC(=O)OC)c2)CC1. The summed E-state index contributed by atoms with van der Waals surface area (Å²) in [7, 11) is 1.35. The fraction of sp³-hybridized carbons (Fsp3) is 0.556. The van der Waals surface area contributed by atoms with E-state index >= 15 is 0 Å². The molecular formula is C18H26N2O4. The van der Waals surface area contributed by atoms with Crippen LogP contribution in [0.1, 0.15) is 38.2 Å². The molecule has 0 aliphatic heterocycles. The second-order valence-corrected chi connectivity index (χ2v) is 5.99. The van der Waals surface area contributed by atoms with Crippen molar-refractivity contribution in [1.82, 2.24) is 5.32 Å². The highest BCUT2D eigenvalue weighted by Gasteiger charge is 2.27. The van der Waals surface area contributed by atoms with Gasteiger partial charge in [-0.05, 0) is 50.3 Å². The molecule has 6 heteroatoms. The standard InChI is InChI=1S/C18H26N2O4/c1-3-24-17(21)14-7-9-15(10-8-14)20-16-6-4-5-13(11-16)12-19-18(22)23-2/h4-6,11,14-15,20H,3,7-10,12H2,1-2H3,(H,19,22)/t14-,15-. The fourth-order valence-electron chi connectivity index (χ4n) is 2.99. The summed E-state index contributed by atoms with van der Waals surface area (Å²) in [4.78, 5) is 22.9. The molecule has 1 aliphatic carbocycles. The lowest BCUT2D eigenvalue weighted by Gasteiger charge is -2.28. The van der Waals surface area contributed by atoms with Crippen LogP contribution in [0.3, 0.4) is 0 Å². The summed E-state index contributed by atoms with van der Waals surface area (Å²) in [5.41, 5.74) is 2.03. The molecule has 24 heavy (non-hydrogen) atoms. The third-order valence-corrected chi connectivity index (χ3v) is 4.27. The van der Waals surface area contributed by atoms with Crippen molar-refractivity contribution in [2.45, 2.75) is 45.2 Å². The highest BCUT2D eigenvalue weighted by atomic mass is 16.5. The summed E-state index contributed by atoms with van der Waals surface area (Å²) in [5, 5.41) is 6.19. The van der Waals surface area contributed by atoms with E-state index in [1.54, 1.807) is 0 Å². The van der Waals surface area contributed by atoms with E-state index in [4.69, 9.17) is 4.74 Å². The molecule has 0 bridgehead atoms. The fourth-order valence-corrected chi connectivity index (χ4v) is 2.99. The van der Waals surface area contributed by atoms with E-state index in [9.17, 15) is 9.59 Å². The number of esters is 1. The number of carbonyl (C=O) groups is 2. The third-order valence-electron chi connectivity index (χ3n) is 4.27. The molecule has 0 saturated heterocycles. The van der Waals surface area contributed by atoms with Gasteiger partial charge < -0.3 is 20.1 Å². The van der Waals surface area contributed by atoms with Crippen LogP contribution in [-0.2, 0) is 20.8 Å². The van der Waals surface area contributed by atoms with Gasteiger partial charge in [0.15, 0.2) is 0 Å². The number of carbonyl (C=O) groups excluding carboxylic acids is 2. The second kappa shape index (κ2) is 9.15. The zero-order chi connectivity index (χ0) is 17.4. The number of benzene rings is 1. The lowest BCUT2D eigenvalue weighted by atomic mass is 9.86. The normalized spacial score (nSPS) is 20.1. The Bertz CT molecular complexity index is 554. The Balaban J connectivity index is 1.82. The van der Waals surface area contributed by atoms with Crippen molar-refractivity contribution >= 4 is 17.7 Å². The van der Waals surface area contributed by atoms with E-state index in [1.807, 2.05) is 31.2 Å². The number of ether oxygens (including phenoxy) is 2. The van der Waals surface area contributed by atoms with Gasteiger partial charge in [-0.25, -0.2) is 4.79 Å². The summed E-state index contributed by atoms with van der Waals surface area (Å²) >= 11 is 0.